The fraction of sp³-hybridized carbons (Fsp3) is 0.391. The standard InChI is InChI=1S/C23H28N4O4S/c1-16(2)18-7-5-17(6-8-18)14-24-23(28)19-4-3-13-27(15-19)32(29,30)22-10-9-21(31-22)20-11-12-25-26-20/h5-12,16,19H,3-4,13-15H2,1-2H3,(H,24,28)(H,25,26)/t19-/m1/s1. The maximum absolute atomic E-state index is 13.1. The first kappa shape index (κ1) is 22.3. The molecule has 8 nitrogen and oxygen atoms in total. The van der Waals surface area contributed by atoms with Crippen molar-refractivity contribution in [2.75, 3.05) is 13.1 Å². The van der Waals surface area contributed by atoms with Gasteiger partial charge in [-0.05, 0) is 48.1 Å². The zero-order valence-corrected chi connectivity index (χ0v) is 19.1. The van der Waals surface area contributed by atoms with E-state index in [1.807, 2.05) is 12.1 Å². The molecule has 3 heterocycles. The minimum atomic E-state index is -3.83. The predicted molar refractivity (Wildman–Crippen MR) is 120 cm³/mol. The second kappa shape index (κ2) is 9.30. The summed E-state index contributed by atoms with van der Waals surface area (Å²) in [6.07, 6.45) is 2.84. The molecule has 170 valence electrons. The number of furan rings is 1. The maximum Gasteiger partial charge on any atom is 0.276 e. The predicted octanol–water partition coefficient (Wildman–Crippen LogP) is 3.51. The van der Waals surface area contributed by atoms with E-state index in [2.05, 4.69) is 41.5 Å². The summed E-state index contributed by atoms with van der Waals surface area (Å²) in [5.41, 5.74) is 2.87. The van der Waals surface area contributed by atoms with Crippen molar-refractivity contribution in [2.24, 2.45) is 5.92 Å². The number of carbonyl (C=O) groups excluding carboxylic acids is 1. The molecule has 1 saturated heterocycles. The van der Waals surface area contributed by atoms with Gasteiger partial charge in [-0.3, -0.25) is 9.89 Å². The van der Waals surface area contributed by atoms with Gasteiger partial charge in [0.2, 0.25) is 11.0 Å². The number of nitrogens with zero attached hydrogens (tertiary/aromatic N) is 2. The molecule has 0 bridgehead atoms. The van der Waals surface area contributed by atoms with Crippen LogP contribution >= 0.6 is 0 Å². The highest BCUT2D eigenvalue weighted by Crippen LogP contribution is 2.28. The van der Waals surface area contributed by atoms with Crippen molar-refractivity contribution in [1.29, 1.82) is 0 Å². The normalized spacial score (nSPS) is 17.5. The summed E-state index contributed by atoms with van der Waals surface area (Å²) in [5, 5.41) is 9.43. The molecule has 0 spiro atoms. The number of carbonyl (C=O) groups is 1. The van der Waals surface area contributed by atoms with E-state index in [1.54, 1.807) is 18.3 Å². The molecule has 2 aromatic heterocycles. The van der Waals surface area contributed by atoms with Gasteiger partial charge < -0.3 is 9.73 Å². The first-order chi connectivity index (χ1) is 15.3. The molecule has 0 unspecified atom stereocenters. The van der Waals surface area contributed by atoms with Gasteiger partial charge in [0.15, 0.2) is 5.76 Å². The first-order valence-corrected chi connectivity index (χ1v) is 12.2. The van der Waals surface area contributed by atoms with Crippen molar-refractivity contribution in [3.8, 4) is 11.5 Å². The molecule has 1 atom stereocenters. The second-order valence-electron chi connectivity index (χ2n) is 8.41. The van der Waals surface area contributed by atoms with E-state index < -0.39 is 15.9 Å². The van der Waals surface area contributed by atoms with Crippen LogP contribution in [0.15, 0.2) is 58.2 Å². The molecule has 1 amide bonds. The minimum absolute atomic E-state index is 0.129. The smallest absolute Gasteiger partial charge is 0.276 e. The number of H-pyrrole nitrogens is 1. The van der Waals surface area contributed by atoms with Crippen LogP contribution in [0.4, 0.5) is 0 Å². The quantitative estimate of drug-likeness (QED) is 0.566. The SMILES string of the molecule is CC(C)c1ccc(CNC(=O)[C@@H]2CCCN(S(=O)(=O)c3ccc(-c4ccn[nH]4)o3)C2)cc1. The van der Waals surface area contributed by atoms with Gasteiger partial charge in [-0.15, -0.1) is 0 Å². The maximum atomic E-state index is 13.1. The van der Waals surface area contributed by atoms with Crippen molar-refractivity contribution >= 4 is 15.9 Å². The van der Waals surface area contributed by atoms with Crippen molar-refractivity contribution in [1.82, 2.24) is 19.8 Å². The third-order valence-electron chi connectivity index (χ3n) is 5.81. The van der Waals surface area contributed by atoms with Gasteiger partial charge in [0, 0.05) is 25.8 Å². The van der Waals surface area contributed by atoms with Crippen LogP contribution in [-0.4, -0.2) is 41.9 Å². The number of amides is 1. The van der Waals surface area contributed by atoms with Crippen LogP contribution in [-0.2, 0) is 21.4 Å². The average Bonchev–Trinajstić information content (AvgIpc) is 3.50. The topological polar surface area (TPSA) is 108 Å². The highest BCUT2D eigenvalue weighted by molar-refractivity contribution is 7.89. The number of sulfonamides is 1. The zero-order valence-electron chi connectivity index (χ0n) is 18.2. The number of nitrogens with one attached hydrogen (secondary N) is 2. The van der Waals surface area contributed by atoms with E-state index in [1.165, 1.54) is 15.9 Å². The van der Waals surface area contributed by atoms with Crippen molar-refractivity contribution in [3.05, 3.63) is 59.8 Å². The number of hydrogen-bond donors (Lipinski definition) is 2. The fourth-order valence-corrected chi connectivity index (χ4v) is 5.29. The van der Waals surface area contributed by atoms with Crippen LogP contribution in [0.2, 0.25) is 0 Å². The molecule has 0 saturated carbocycles. The van der Waals surface area contributed by atoms with Crippen LogP contribution in [0, 0.1) is 5.92 Å². The number of rotatable bonds is 7. The Morgan fingerprint density at radius 1 is 1.22 bits per heavy atom. The minimum Gasteiger partial charge on any atom is -0.442 e. The lowest BCUT2D eigenvalue weighted by atomic mass is 9.98. The van der Waals surface area contributed by atoms with E-state index in [9.17, 15) is 13.2 Å². The summed E-state index contributed by atoms with van der Waals surface area (Å²) in [7, 11) is -3.83. The van der Waals surface area contributed by atoms with Crippen molar-refractivity contribution in [3.63, 3.8) is 0 Å². The van der Waals surface area contributed by atoms with Gasteiger partial charge in [0.1, 0.15) is 5.69 Å². The van der Waals surface area contributed by atoms with E-state index in [0.29, 0.717) is 43.3 Å². The lowest BCUT2D eigenvalue weighted by Crippen LogP contribution is -2.45. The molecular weight excluding hydrogens is 428 g/mol. The molecule has 1 aromatic carbocycles. The molecule has 2 N–H and O–H groups in total. The lowest BCUT2D eigenvalue weighted by molar-refractivity contribution is -0.126. The summed E-state index contributed by atoms with van der Waals surface area (Å²) < 4.78 is 33.1. The molecular formula is C23H28N4O4S. The lowest BCUT2D eigenvalue weighted by Gasteiger charge is -2.30. The van der Waals surface area contributed by atoms with Gasteiger partial charge in [0.25, 0.3) is 10.0 Å². The third kappa shape index (κ3) is 4.78. The van der Waals surface area contributed by atoms with E-state index >= 15 is 0 Å². The van der Waals surface area contributed by atoms with Crippen LogP contribution < -0.4 is 5.32 Å². The Balaban J connectivity index is 1.38. The molecule has 32 heavy (non-hydrogen) atoms. The van der Waals surface area contributed by atoms with Crippen LogP contribution in [0.25, 0.3) is 11.5 Å². The zero-order chi connectivity index (χ0) is 22.7. The van der Waals surface area contributed by atoms with E-state index in [4.69, 9.17) is 4.42 Å². The van der Waals surface area contributed by atoms with Crippen molar-refractivity contribution in [2.45, 2.75) is 44.2 Å². The molecule has 1 aliphatic heterocycles. The van der Waals surface area contributed by atoms with Gasteiger partial charge in [-0.2, -0.15) is 9.40 Å². The summed E-state index contributed by atoms with van der Waals surface area (Å²) in [6, 6.07) is 12.9. The summed E-state index contributed by atoms with van der Waals surface area (Å²) in [5.74, 6) is 0.334. The highest BCUT2D eigenvalue weighted by Gasteiger charge is 2.35. The Kier molecular flexibility index (Phi) is 6.48. The third-order valence-corrected chi connectivity index (χ3v) is 7.55. The Labute approximate surface area is 188 Å². The monoisotopic (exact) mass is 456 g/mol. The first-order valence-electron chi connectivity index (χ1n) is 10.8. The number of hydrogen-bond acceptors (Lipinski definition) is 5. The van der Waals surface area contributed by atoms with E-state index in [-0.39, 0.29) is 17.5 Å². The largest absolute Gasteiger partial charge is 0.442 e. The van der Waals surface area contributed by atoms with Crippen LogP contribution in [0.3, 0.4) is 0 Å². The molecule has 9 heteroatoms. The van der Waals surface area contributed by atoms with E-state index in [0.717, 1.165) is 5.56 Å². The molecule has 0 radical (unpaired) electrons. The fourth-order valence-electron chi connectivity index (χ4n) is 3.85. The van der Waals surface area contributed by atoms with Gasteiger partial charge in [-0.25, -0.2) is 8.42 Å². The molecule has 1 fully saturated rings. The Bertz CT molecular complexity index is 1150. The number of aromatic amines is 1. The van der Waals surface area contributed by atoms with Crippen LogP contribution in [0.1, 0.15) is 43.7 Å². The Morgan fingerprint density at radius 2 is 2.00 bits per heavy atom. The molecule has 0 aliphatic carbocycles. The second-order valence-corrected chi connectivity index (χ2v) is 10.3. The summed E-state index contributed by atoms with van der Waals surface area (Å²) in [4.78, 5) is 12.7. The average molecular weight is 457 g/mol. The van der Waals surface area contributed by atoms with Crippen LogP contribution in [0.5, 0.6) is 0 Å². The summed E-state index contributed by atoms with van der Waals surface area (Å²) in [6.45, 7) is 5.20. The molecule has 3 aromatic rings. The number of aromatic nitrogens is 2. The van der Waals surface area contributed by atoms with Gasteiger partial charge in [0.05, 0.1) is 5.92 Å². The highest BCUT2D eigenvalue weighted by atomic mass is 32.2. The Hall–Kier alpha value is -2.91. The summed E-state index contributed by atoms with van der Waals surface area (Å²) >= 11 is 0. The number of piperidine rings is 1. The number of benzene rings is 1. The van der Waals surface area contributed by atoms with Gasteiger partial charge >= 0.3 is 0 Å². The molecule has 1 aliphatic rings. The Morgan fingerprint density at radius 3 is 2.69 bits per heavy atom. The van der Waals surface area contributed by atoms with Crippen molar-refractivity contribution < 1.29 is 17.6 Å². The molecule has 4 rings (SSSR count). The van der Waals surface area contributed by atoms with Gasteiger partial charge in [-0.1, -0.05) is 38.1 Å².